The van der Waals surface area contributed by atoms with Crippen LogP contribution in [0.2, 0.25) is 0 Å². The van der Waals surface area contributed by atoms with Crippen molar-refractivity contribution in [2.75, 3.05) is 32.2 Å². The quantitative estimate of drug-likeness (QED) is 0.726. The van der Waals surface area contributed by atoms with Crippen LogP contribution in [0.3, 0.4) is 0 Å². The first-order chi connectivity index (χ1) is 8.19. The van der Waals surface area contributed by atoms with Crippen LogP contribution in [0.4, 0.5) is 5.13 Å². The van der Waals surface area contributed by atoms with Crippen LogP contribution in [0.15, 0.2) is 0 Å². The second-order valence-corrected chi connectivity index (χ2v) is 4.75. The molecule has 6 heteroatoms. The highest BCUT2D eigenvalue weighted by molar-refractivity contribution is 7.09. The molecular formula is C11H21N3O2S. The van der Waals surface area contributed by atoms with Crippen LogP contribution in [0.25, 0.3) is 0 Å². The molecule has 1 heterocycles. The molecule has 0 aliphatic carbocycles. The molecule has 1 aromatic rings. The zero-order chi connectivity index (χ0) is 12.7. The Morgan fingerprint density at radius 2 is 2.18 bits per heavy atom. The van der Waals surface area contributed by atoms with Gasteiger partial charge in [0.2, 0.25) is 5.13 Å². The number of hydrogen-bond donors (Lipinski definition) is 1. The van der Waals surface area contributed by atoms with Crippen molar-refractivity contribution in [3.63, 3.8) is 0 Å². The summed E-state index contributed by atoms with van der Waals surface area (Å²) in [5.41, 5.74) is 0. The van der Waals surface area contributed by atoms with E-state index in [0.29, 0.717) is 19.1 Å². The molecular weight excluding hydrogens is 238 g/mol. The summed E-state index contributed by atoms with van der Waals surface area (Å²) >= 11 is 1.36. The van der Waals surface area contributed by atoms with Crippen LogP contribution in [0.1, 0.15) is 32.7 Å². The van der Waals surface area contributed by atoms with E-state index in [1.807, 2.05) is 6.92 Å². The van der Waals surface area contributed by atoms with Gasteiger partial charge in [0, 0.05) is 31.8 Å². The fourth-order valence-corrected chi connectivity index (χ4v) is 2.05. The van der Waals surface area contributed by atoms with Gasteiger partial charge in [-0.25, -0.2) is 4.98 Å². The predicted octanol–water partition coefficient (Wildman–Crippen LogP) is 2.33. The van der Waals surface area contributed by atoms with Gasteiger partial charge in [-0.15, -0.1) is 0 Å². The monoisotopic (exact) mass is 259 g/mol. The number of rotatable bonds is 8. The largest absolute Gasteiger partial charge is 0.383 e. The maximum absolute atomic E-state index is 5.66. The molecule has 0 bridgehead atoms. The van der Waals surface area contributed by atoms with Gasteiger partial charge in [0.05, 0.1) is 6.61 Å². The molecule has 0 radical (unpaired) electrons. The van der Waals surface area contributed by atoms with Crippen molar-refractivity contribution in [3.8, 4) is 0 Å². The van der Waals surface area contributed by atoms with E-state index in [-0.39, 0.29) is 6.10 Å². The van der Waals surface area contributed by atoms with Crippen molar-refractivity contribution in [1.82, 2.24) is 9.36 Å². The molecule has 5 nitrogen and oxygen atoms in total. The summed E-state index contributed by atoms with van der Waals surface area (Å²) in [6.45, 7) is 8.28. The Labute approximate surface area is 107 Å². The van der Waals surface area contributed by atoms with Gasteiger partial charge in [0.1, 0.15) is 6.10 Å². The molecule has 0 amide bonds. The fourth-order valence-electron chi connectivity index (χ4n) is 1.43. The smallest absolute Gasteiger partial charge is 0.202 e. The molecule has 17 heavy (non-hydrogen) atoms. The molecule has 0 aliphatic rings. The first-order valence-corrected chi connectivity index (χ1v) is 6.64. The molecule has 1 rings (SSSR count). The Morgan fingerprint density at radius 3 is 2.76 bits per heavy atom. The highest BCUT2D eigenvalue weighted by atomic mass is 32.1. The standard InChI is InChI=1S/C11H21N3O2S/c1-5-16-9(8(2)3)10-13-11(17-14-10)12-6-7-15-4/h8-9H,5-7H2,1-4H3,(H,12,13,14). The van der Waals surface area contributed by atoms with Gasteiger partial charge in [-0.3, -0.25) is 0 Å². The van der Waals surface area contributed by atoms with Gasteiger partial charge in [0.15, 0.2) is 5.82 Å². The second kappa shape index (κ2) is 7.58. The Bertz CT molecular complexity index is 317. The minimum atomic E-state index is -0.0192. The van der Waals surface area contributed by atoms with Crippen molar-refractivity contribution < 1.29 is 9.47 Å². The molecule has 0 fully saturated rings. The third-order valence-electron chi connectivity index (χ3n) is 2.23. The number of anilines is 1. The number of nitrogens with one attached hydrogen (secondary N) is 1. The zero-order valence-corrected chi connectivity index (χ0v) is 11.7. The van der Waals surface area contributed by atoms with Crippen molar-refractivity contribution in [2.45, 2.75) is 26.9 Å². The van der Waals surface area contributed by atoms with E-state index in [1.54, 1.807) is 7.11 Å². The van der Waals surface area contributed by atoms with Crippen molar-refractivity contribution in [3.05, 3.63) is 5.82 Å². The lowest BCUT2D eigenvalue weighted by molar-refractivity contribution is 0.0241. The van der Waals surface area contributed by atoms with E-state index in [1.165, 1.54) is 11.5 Å². The summed E-state index contributed by atoms with van der Waals surface area (Å²) in [4.78, 5) is 4.44. The lowest BCUT2D eigenvalue weighted by atomic mass is 10.1. The maximum Gasteiger partial charge on any atom is 0.202 e. The van der Waals surface area contributed by atoms with Crippen LogP contribution < -0.4 is 5.32 Å². The van der Waals surface area contributed by atoms with Crippen molar-refractivity contribution in [2.24, 2.45) is 5.92 Å². The van der Waals surface area contributed by atoms with E-state index in [0.717, 1.165) is 17.5 Å². The van der Waals surface area contributed by atoms with Gasteiger partial charge in [-0.1, -0.05) is 13.8 Å². The fraction of sp³-hybridized carbons (Fsp3) is 0.818. The molecule has 0 aromatic carbocycles. The van der Waals surface area contributed by atoms with Crippen LogP contribution >= 0.6 is 11.5 Å². The summed E-state index contributed by atoms with van der Waals surface area (Å²) in [5, 5.41) is 3.99. The third-order valence-corrected chi connectivity index (χ3v) is 2.92. The normalized spacial score (nSPS) is 13.0. The predicted molar refractivity (Wildman–Crippen MR) is 69.5 cm³/mol. The third kappa shape index (κ3) is 4.57. The Morgan fingerprint density at radius 1 is 1.41 bits per heavy atom. The van der Waals surface area contributed by atoms with Gasteiger partial charge in [0.25, 0.3) is 0 Å². The van der Waals surface area contributed by atoms with Crippen molar-refractivity contribution >= 4 is 16.7 Å². The Hall–Kier alpha value is -0.720. The first kappa shape index (κ1) is 14.3. The van der Waals surface area contributed by atoms with Crippen LogP contribution in [0.5, 0.6) is 0 Å². The molecule has 1 unspecified atom stereocenters. The number of nitrogens with zero attached hydrogens (tertiary/aromatic N) is 2. The van der Waals surface area contributed by atoms with Gasteiger partial charge in [-0.2, -0.15) is 4.37 Å². The second-order valence-electron chi connectivity index (χ2n) is 4.00. The first-order valence-electron chi connectivity index (χ1n) is 5.87. The lowest BCUT2D eigenvalue weighted by Gasteiger charge is -2.17. The van der Waals surface area contributed by atoms with Crippen molar-refractivity contribution in [1.29, 1.82) is 0 Å². The average molecular weight is 259 g/mol. The molecule has 1 aromatic heterocycles. The molecule has 1 N–H and O–H groups in total. The maximum atomic E-state index is 5.66. The SMILES string of the molecule is CCOC(c1nsc(NCCOC)n1)C(C)C. The van der Waals surface area contributed by atoms with Crippen LogP contribution in [-0.2, 0) is 9.47 Å². The summed E-state index contributed by atoms with van der Waals surface area (Å²) in [6, 6.07) is 0. The minimum Gasteiger partial charge on any atom is -0.383 e. The summed E-state index contributed by atoms with van der Waals surface area (Å²) in [6.07, 6.45) is -0.0192. The van der Waals surface area contributed by atoms with Crippen LogP contribution in [0, 0.1) is 5.92 Å². The van der Waals surface area contributed by atoms with Gasteiger partial charge >= 0.3 is 0 Å². The summed E-state index contributed by atoms with van der Waals surface area (Å²) in [7, 11) is 1.68. The minimum absolute atomic E-state index is 0.0192. The Kier molecular flexibility index (Phi) is 6.39. The molecule has 98 valence electrons. The average Bonchev–Trinajstić information content (AvgIpc) is 2.74. The number of hydrogen-bond acceptors (Lipinski definition) is 6. The van der Waals surface area contributed by atoms with E-state index >= 15 is 0 Å². The highest BCUT2D eigenvalue weighted by Crippen LogP contribution is 2.25. The zero-order valence-electron chi connectivity index (χ0n) is 10.9. The molecule has 0 saturated carbocycles. The Balaban J connectivity index is 2.58. The van der Waals surface area contributed by atoms with E-state index < -0.39 is 0 Å². The molecule has 0 aliphatic heterocycles. The van der Waals surface area contributed by atoms with E-state index in [4.69, 9.17) is 9.47 Å². The highest BCUT2D eigenvalue weighted by Gasteiger charge is 2.20. The van der Waals surface area contributed by atoms with Gasteiger partial charge < -0.3 is 14.8 Å². The summed E-state index contributed by atoms with van der Waals surface area (Å²) in [5.74, 6) is 1.14. The number of methoxy groups -OCH3 is 1. The van der Waals surface area contributed by atoms with Crippen LogP contribution in [-0.4, -0.2) is 36.2 Å². The number of aromatic nitrogens is 2. The summed E-state index contributed by atoms with van der Waals surface area (Å²) < 4.78 is 15.0. The topological polar surface area (TPSA) is 56.3 Å². The number of ether oxygens (including phenoxy) is 2. The molecule has 0 saturated heterocycles. The van der Waals surface area contributed by atoms with E-state index in [2.05, 4.69) is 28.5 Å². The van der Waals surface area contributed by atoms with E-state index in [9.17, 15) is 0 Å². The molecule has 0 spiro atoms. The van der Waals surface area contributed by atoms with Gasteiger partial charge in [-0.05, 0) is 12.8 Å². The molecule has 1 atom stereocenters. The lowest BCUT2D eigenvalue weighted by Crippen LogP contribution is -2.13.